The molecule has 1 unspecified atom stereocenters. The quantitative estimate of drug-likeness (QED) is 0.569. The maximum atomic E-state index is 6.52. The molecule has 1 aromatic rings. The average molecular weight is 419 g/mol. The van der Waals surface area contributed by atoms with Gasteiger partial charge in [0.15, 0.2) is 0 Å². The van der Waals surface area contributed by atoms with Crippen molar-refractivity contribution in [2.45, 2.75) is 64.6 Å². The summed E-state index contributed by atoms with van der Waals surface area (Å²) in [6.45, 7) is 9.19. The summed E-state index contributed by atoms with van der Waals surface area (Å²) >= 11 is 3.62. The lowest BCUT2D eigenvalue weighted by molar-refractivity contribution is 0.0867. The van der Waals surface area contributed by atoms with E-state index in [0.717, 1.165) is 59.4 Å². The van der Waals surface area contributed by atoms with Gasteiger partial charge >= 0.3 is 0 Å². The van der Waals surface area contributed by atoms with Crippen LogP contribution < -0.4 is 14.2 Å². The number of halogens is 1. The maximum Gasteiger partial charge on any atom is 0.142 e. The molecule has 0 spiro atoms. The van der Waals surface area contributed by atoms with Crippen molar-refractivity contribution in [3.8, 4) is 17.2 Å². The Morgan fingerprint density at radius 3 is 2.65 bits per heavy atom. The summed E-state index contributed by atoms with van der Waals surface area (Å²) in [5, 5.41) is 0.809. The van der Waals surface area contributed by atoms with Crippen LogP contribution >= 0.6 is 15.9 Å². The lowest BCUT2D eigenvalue weighted by Gasteiger charge is -2.40. The molecule has 0 aliphatic carbocycles. The normalized spacial score (nSPS) is 25.0. The highest BCUT2D eigenvalue weighted by Crippen LogP contribution is 2.54. The fraction of sp³-hybridized carbons (Fsp3) is 0.545. The zero-order chi connectivity index (χ0) is 18.5. The fourth-order valence-corrected chi connectivity index (χ4v) is 4.39. The molecular formula is C22H27BrO3. The first kappa shape index (κ1) is 18.0. The van der Waals surface area contributed by atoms with Crippen molar-refractivity contribution in [1.29, 1.82) is 0 Å². The number of hydrogen-bond acceptors (Lipinski definition) is 3. The van der Waals surface area contributed by atoms with Gasteiger partial charge in [0.25, 0.3) is 0 Å². The smallest absolute Gasteiger partial charge is 0.142 e. The molecule has 3 nitrogen and oxygen atoms in total. The summed E-state index contributed by atoms with van der Waals surface area (Å²) in [5.74, 6) is 2.84. The molecule has 0 N–H and O–H groups in total. The minimum Gasteiger partial charge on any atom is -0.488 e. The van der Waals surface area contributed by atoms with Gasteiger partial charge in [-0.05, 0) is 63.8 Å². The lowest BCUT2D eigenvalue weighted by Crippen LogP contribution is -2.39. The van der Waals surface area contributed by atoms with Gasteiger partial charge in [0.2, 0.25) is 0 Å². The van der Waals surface area contributed by atoms with Crippen molar-refractivity contribution in [2.24, 2.45) is 0 Å². The number of rotatable bonds is 3. The molecule has 140 valence electrons. The highest BCUT2D eigenvalue weighted by molar-refractivity contribution is 9.09. The topological polar surface area (TPSA) is 27.7 Å². The molecule has 0 saturated carbocycles. The van der Waals surface area contributed by atoms with Gasteiger partial charge in [-0.25, -0.2) is 0 Å². The van der Waals surface area contributed by atoms with Crippen LogP contribution in [0.25, 0.3) is 11.6 Å². The van der Waals surface area contributed by atoms with Crippen LogP contribution in [0.5, 0.6) is 17.2 Å². The zero-order valence-electron chi connectivity index (χ0n) is 16.1. The molecule has 3 aliphatic heterocycles. The Balaban J connectivity index is 1.97. The molecule has 0 amide bonds. The van der Waals surface area contributed by atoms with Gasteiger partial charge in [0.1, 0.15) is 35.1 Å². The van der Waals surface area contributed by atoms with Crippen LogP contribution in [0.2, 0.25) is 0 Å². The minimum absolute atomic E-state index is 0.202. The van der Waals surface area contributed by atoms with Gasteiger partial charge in [0, 0.05) is 10.9 Å². The summed E-state index contributed by atoms with van der Waals surface area (Å²) < 4.78 is 19.1. The highest BCUT2D eigenvalue weighted by atomic mass is 79.9. The van der Waals surface area contributed by atoms with Crippen molar-refractivity contribution in [3.05, 3.63) is 28.8 Å². The standard InChI is InChI=1S/C22H27BrO3/c1-5-6-14-9-12-24-19-15-8-11-22(4,13-23)26-18(15)16-7-10-21(2,3)25-20(16)17(14)19/h7,9-10H,5-6,8,11-13H2,1-4H3. The van der Waals surface area contributed by atoms with E-state index in [9.17, 15) is 0 Å². The van der Waals surface area contributed by atoms with Gasteiger partial charge in [-0.15, -0.1) is 0 Å². The highest BCUT2D eigenvalue weighted by Gasteiger charge is 2.39. The van der Waals surface area contributed by atoms with Gasteiger partial charge in [-0.2, -0.15) is 0 Å². The summed E-state index contributed by atoms with van der Waals surface area (Å²) in [7, 11) is 0. The molecule has 26 heavy (non-hydrogen) atoms. The van der Waals surface area contributed by atoms with Crippen LogP contribution in [0.15, 0.2) is 12.2 Å². The second-order valence-corrected chi connectivity index (χ2v) is 8.83. The predicted octanol–water partition coefficient (Wildman–Crippen LogP) is 5.93. The monoisotopic (exact) mass is 418 g/mol. The average Bonchev–Trinajstić information content (AvgIpc) is 2.61. The molecule has 4 rings (SSSR count). The van der Waals surface area contributed by atoms with E-state index >= 15 is 0 Å². The van der Waals surface area contributed by atoms with E-state index in [1.165, 1.54) is 11.1 Å². The van der Waals surface area contributed by atoms with Crippen molar-refractivity contribution in [3.63, 3.8) is 0 Å². The Hall–Kier alpha value is -1.42. The van der Waals surface area contributed by atoms with Gasteiger partial charge in [-0.3, -0.25) is 0 Å². The van der Waals surface area contributed by atoms with E-state index in [4.69, 9.17) is 14.2 Å². The lowest BCUT2D eigenvalue weighted by atomic mass is 9.85. The van der Waals surface area contributed by atoms with Gasteiger partial charge < -0.3 is 14.2 Å². The molecule has 0 radical (unpaired) electrons. The number of ether oxygens (including phenoxy) is 3. The number of alkyl halides is 1. The Labute approximate surface area is 164 Å². The van der Waals surface area contributed by atoms with E-state index in [1.54, 1.807) is 0 Å². The Bertz CT molecular complexity index is 806. The van der Waals surface area contributed by atoms with Gasteiger partial charge in [-0.1, -0.05) is 29.3 Å². The minimum atomic E-state index is -0.336. The van der Waals surface area contributed by atoms with Crippen LogP contribution in [0.4, 0.5) is 0 Å². The van der Waals surface area contributed by atoms with Crippen LogP contribution in [-0.2, 0) is 6.42 Å². The van der Waals surface area contributed by atoms with E-state index in [2.05, 4.69) is 61.9 Å². The van der Waals surface area contributed by atoms with Crippen LogP contribution in [-0.4, -0.2) is 23.1 Å². The van der Waals surface area contributed by atoms with Crippen LogP contribution in [0.3, 0.4) is 0 Å². The third-order valence-electron chi connectivity index (χ3n) is 5.44. The molecular weight excluding hydrogens is 392 g/mol. The molecule has 1 atom stereocenters. The van der Waals surface area contributed by atoms with E-state index in [0.29, 0.717) is 6.61 Å². The second-order valence-electron chi connectivity index (χ2n) is 8.27. The van der Waals surface area contributed by atoms with E-state index < -0.39 is 0 Å². The Kier molecular flexibility index (Phi) is 4.37. The predicted molar refractivity (Wildman–Crippen MR) is 110 cm³/mol. The SMILES string of the molecule is CCCC1=CCOc2c3c(c4c(c21)OC(C)(C)C=C4)OC(C)(CBr)CC3. The molecule has 0 saturated heterocycles. The third kappa shape index (κ3) is 2.87. The zero-order valence-corrected chi connectivity index (χ0v) is 17.7. The van der Waals surface area contributed by atoms with Crippen LogP contribution in [0, 0.1) is 0 Å². The maximum absolute atomic E-state index is 6.52. The van der Waals surface area contributed by atoms with Crippen molar-refractivity contribution < 1.29 is 14.2 Å². The van der Waals surface area contributed by atoms with E-state index in [-0.39, 0.29) is 11.2 Å². The van der Waals surface area contributed by atoms with Crippen molar-refractivity contribution >= 4 is 27.6 Å². The summed E-state index contributed by atoms with van der Waals surface area (Å²) in [6, 6.07) is 0. The fourth-order valence-electron chi connectivity index (χ4n) is 4.00. The number of benzene rings is 1. The molecule has 3 aliphatic rings. The molecule has 3 heterocycles. The van der Waals surface area contributed by atoms with Gasteiger partial charge in [0.05, 0.1) is 11.1 Å². The molecule has 1 aromatic carbocycles. The number of allylic oxidation sites excluding steroid dienone is 1. The summed E-state index contributed by atoms with van der Waals surface area (Å²) in [4.78, 5) is 0. The first-order chi connectivity index (χ1) is 12.4. The molecule has 0 fully saturated rings. The molecule has 0 aromatic heterocycles. The number of hydrogen-bond donors (Lipinski definition) is 0. The van der Waals surface area contributed by atoms with E-state index in [1.807, 2.05) is 0 Å². The van der Waals surface area contributed by atoms with Crippen LogP contribution in [0.1, 0.15) is 63.6 Å². The molecule has 0 bridgehead atoms. The largest absolute Gasteiger partial charge is 0.488 e. The first-order valence-electron chi connectivity index (χ1n) is 9.56. The Morgan fingerprint density at radius 2 is 1.92 bits per heavy atom. The first-order valence-corrected chi connectivity index (χ1v) is 10.7. The van der Waals surface area contributed by atoms with Crippen molar-refractivity contribution in [2.75, 3.05) is 11.9 Å². The Morgan fingerprint density at radius 1 is 1.12 bits per heavy atom. The summed E-state index contributed by atoms with van der Waals surface area (Å²) in [5.41, 5.74) is 4.22. The molecule has 4 heteroatoms. The van der Waals surface area contributed by atoms with Crippen molar-refractivity contribution in [1.82, 2.24) is 0 Å². The number of fused-ring (bicyclic) bond motifs is 6. The second kappa shape index (κ2) is 6.33. The summed E-state index contributed by atoms with van der Waals surface area (Å²) in [6.07, 6.45) is 10.6. The third-order valence-corrected chi connectivity index (χ3v) is 6.63.